The minimum Gasteiger partial charge on any atom is -0.497 e. The molecule has 2 rings (SSSR count). The van der Waals surface area contributed by atoms with E-state index >= 15 is 0 Å². The van der Waals surface area contributed by atoms with E-state index in [-0.39, 0.29) is 30.1 Å². The quantitative estimate of drug-likeness (QED) is 0.827. The number of nitrogens with one attached hydrogen (secondary N) is 1. The molecule has 0 saturated heterocycles. The molecule has 0 spiro atoms. The van der Waals surface area contributed by atoms with Crippen molar-refractivity contribution in [3.05, 3.63) is 58.0 Å². The summed E-state index contributed by atoms with van der Waals surface area (Å²) in [4.78, 5) is 26.1. The van der Waals surface area contributed by atoms with Crippen LogP contribution in [0.5, 0.6) is 11.5 Å². The number of benzene rings is 1. The number of ether oxygens (including phenoxy) is 3. The summed E-state index contributed by atoms with van der Waals surface area (Å²) in [5.41, 5.74) is 0.619. The van der Waals surface area contributed by atoms with Crippen molar-refractivity contribution in [2.45, 2.75) is 13.5 Å². The fraction of sp³-hybridized carbons (Fsp3) is 0.250. The summed E-state index contributed by atoms with van der Waals surface area (Å²) in [7, 11) is 1.59. The van der Waals surface area contributed by atoms with Crippen LogP contribution in [0.15, 0.2) is 41.3 Å². The molecule has 0 atom stereocenters. The summed E-state index contributed by atoms with van der Waals surface area (Å²) >= 11 is 0. The van der Waals surface area contributed by atoms with Crippen molar-refractivity contribution in [2.75, 3.05) is 13.7 Å². The highest BCUT2D eigenvalue weighted by atomic mass is 16.5. The molecule has 2 aromatic rings. The van der Waals surface area contributed by atoms with Gasteiger partial charge in [0.15, 0.2) is 5.75 Å². The molecule has 0 aliphatic heterocycles. The summed E-state index contributed by atoms with van der Waals surface area (Å²) in [6.07, 6.45) is 1.36. The maximum absolute atomic E-state index is 11.9. The van der Waals surface area contributed by atoms with E-state index in [0.29, 0.717) is 0 Å². The maximum atomic E-state index is 11.9. The smallest absolute Gasteiger partial charge is 0.354 e. The number of esters is 1. The predicted molar refractivity (Wildman–Crippen MR) is 80.3 cm³/mol. The first-order chi connectivity index (χ1) is 10.6. The number of hydrogen-bond acceptors (Lipinski definition) is 5. The molecule has 1 aromatic heterocycles. The molecule has 0 aliphatic carbocycles. The second-order valence-corrected chi connectivity index (χ2v) is 4.43. The van der Waals surface area contributed by atoms with Gasteiger partial charge in [-0.05, 0) is 24.6 Å². The van der Waals surface area contributed by atoms with Gasteiger partial charge in [0.25, 0.3) is 0 Å². The van der Waals surface area contributed by atoms with Crippen LogP contribution in [0.25, 0.3) is 0 Å². The third-order valence-electron chi connectivity index (χ3n) is 2.93. The van der Waals surface area contributed by atoms with Crippen LogP contribution < -0.4 is 14.9 Å². The van der Waals surface area contributed by atoms with Crippen molar-refractivity contribution in [3.8, 4) is 11.5 Å². The number of aromatic amines is 1. The standard InChI is InChI=1S/C16H17NO5/c1-3-21-16(19)13-8-14(18)15(9-17-13)22-10-11-4-6-12(20-2)7-5-11/h4-9H,3,10H2,1-2H3,(H,17,18). The lowest BCUT2D eigenvalue weighted by atomic mass is 10.2. The molecule has 0 amide bonds. The Morgan fingerprint density at radius 2 is 1.95 bits per heavy atom. The van der Waals surface area contributed by atoms with Crippen molar-refractivity contribution < 1.29 is 19.0 Å². The number of pyridine rings is 1. The summed E-state index contributed by atoms with van der Waals surface area (Å²) in [6.45, 7) is 2.19. The molecular formula is C16H17NO5. The Balaban J connectivity index is 2.03. The summed E-state index contributed by atoms with van der Waals surface area (Å²) in [5.74, 6) is 0.325. The first-order valence-electron chi connectivity index (χ1n) is 6.79. The van der Waals surface area contributed by atoms with E-state index in [9.17, 15) is 9.59 Å². The molecule has 116 valence electrons. The zero-order chi connectivity index (χ0) is 15.9. The molecule has 0 unspecified atom stereocenters. The van der Waals surface area contributed by atoms with Crippen LogP contribution in [0, 0.1) is 0 Å². The highest BCUT2D eigenvalue weighted by Crippen LogP contribution is 2.13. The minimum absolute atomic E-state index is 0.101. The van der Waals surface area contributed by atoms with Crippen molar-refractivity contribution in [1.82, 2.24) is 4.98 Å². The third-order valence-corrected chi connectivity index (χ3v) is 2.93. The fourth-order valence-corrected chi connectivity index (χ4v) is 1.78. The minimum atomic E-state index is -0.568. The van der Waals surface area contributed by atoms with E-state index in [4.69, 9.17) is 14.2 Å². The predicted octanol–water partition coefficient (Wildman–Crippen LogP) is 2.14. The molecule has 0 radical (unpaired) electrons. The van der Waals surface area contributed by atoms with Gasteiger partial charge in [-0.25, -0.2) is 4.79 Å². The number of H-pyrrole nitrogens is 1. The second kappa shape index (κ2) is 7.31. The molecule has 1 heterocycles. The molecule has 6 heteroatoms. The lowest BCUT2D eigenvalue weighted by Gasteiger charge is -2.07. The van der Waals surface area contributed by atoms with Gasteiger partial charge in [-0.2, -0.15) is 0 Å². The van der Waals surface area contributed by atoms with Gasteiger partial charge in [-0.3, -0.25) is 4.79 Å². The van der Waals surface area contributed by atoms with E-state index in [1.54, 1.807) is 14.0 Å². The largest absolute Gasteiger partial charge is 0.497 e. The van der Waals surface area contributed by atoms with Crippen molar-refractivity contribution in [1.29, 1.82) is 0 Å². The number of hydrogen-bond donors (Lipinski definition) is 1. The Bertz CT molecular complexity index is 690. The summed E-state index contributed by atoms with van der Waals surface area (Å²) in [6, 6.07) is 8.49. The molecule has 0 saturated carbocycles. The molecule has 1 aromatic carbocycles. The van der Waals surface area contributed by atoms with Gasteiger partial charge in [0.05, 0.1) is 13.7 Å². The van der Waals surface area contributed by atoms with Crippen LogP contribution >= 0.6 is 0 Å². The van der Waals surface area contributed by atoms with Gasteiger partial charge in [0.1, 0.15) is 18.1 Å². The number of aromatic nitrogens is 1. The first kappa shape index (κ1) is 15.6. The lowest BCUT2D eigenvalue weighted by Crippen LogP contribution is -2.14. The monoisotopic (exact) mass is 303 g/mol. The van der Waals surface area contributed by atoms with E-state index in [0.717, 1.165) is 11.3 Å². The van der Waals surface area contributed by atoms with E-state index < -0.39 is 5.97 Å². The zero-order valence-electron chi connectivity index (χ0n) is 12.4. The van der Waals surface area contributed by atoms with Gasteiger partial charge < -0.3 is 19.2 Å². The Kier molecular flexibility index (Phi) is 5.19. The number of methoxy groups -OCH3 is 1. The molecule has 1 N–H and O–H groups in total. The summed E-state index contributed by atoms with van der Waals surface area (Å²) in [5, 5.41) is 0. The Hall–Kier alpha value is -2.76. The van der Waals surface area contributed by atoms with Crippen molar-refractivity contribution in [2.24, 2.45) is 0 Å². The third kappa shape index (κ3) is 3.88. The van der Waals surface area contributed by atoms with Crippen LogP contribution in [0.1, 0.15) is 23.0 Å². The highest BCUT2D eigenvalue weighted by molar-refractivity contribution is 5.87. The number of carbonyl (C=O) groups is 1. The van der Waals surface area contributed by atoms with Crippen molar-refractivity contribution >= 4 is 5.97 Å². The molecule has 6 nitrogen and oxygen atoms in total. The average Bonchev–Trinajstić information content (AvgIpc) is 2.54. The van der Waals surface area contributed by atoms with Gasteiger partial charge >= 0.3 is 5.97 Å². The van der Waals surface area contributed by atoms with Crippen LogP contribution in [-0.2, 0) is 11.3 Å². The summed E-state index contributed by atoms with van der Waals surface area (Å²) < 4.78 is 15.3. The highest BCUT2D eigenvalue weighted by Gasteiger charge is 2.10. The van der Waals surface area contributed by atoms with Crippen LogP contribution in [0.2, 0.25) is 0 Å². The molecule has 22 heavy (non-hydrogen) atoms. The topological polar surface area (TPSA) is 77.6 Å². The van der Waals surface area contributed by atoms with E-state index in [1.165, 1.54) is 12.3 Å². The van der Waals surface area contributed by atoms with E-state index in [1.807, 2.05) is 24.3 Å². The Morgan fingerprint density at radius 3 is 2.55 bits per heavy atom. The molecular weight excluding hydrogens is 286 g/mol. The lowest BCUT2D eigenvalue weighted by molar-refractivity contribution is 0.0519. The second-order valence-electron chi connectivity index (χ2n) is 4.43. The first-order valence-corrected chi connectivity index (χ1v) is 6.79. The molecule has 0 fully saturated rings. The number of rotatable bonds is 6. The van der Waals surface area contributed by atoms with E-state index in [2.05, 4.69) is 4.98 Å². The molecule has 0 bridgehead atoms. The fourth-order valence-electron chi connectivity index (χ4n) is 1.78. The van der Waals surface area contributed by atoms with Crippen LogP contribution in [-0.4, -0.2) is 24.7 Å². The molecule has 0 aliphatic rings. The maximum Gasteiger partial charge on any atom is 0.354 e. The van der Waals surface area contributed by atoms with Gasteiger partial charge in [-0.1, -0.05) is 12.1 Å². The average molecular weight is 303 g/mol. The normalized spacial score (nSPS) is 10.1. The number of carbonyl (C=O) groups excluding carboxylic acids is 1. The van der Waals surface area contributed by atoms with Crippen molar-refractivity contribution in [3.63, 3.8) is 0 Å². The van der Waals surface area contributed by atoms with Gasteiger partial charge in [0.2, 0.25) is 5.43 Å². The SMILES string of the molecule is CCOC(=O)c1cc(=O)c(OCc2ccc(OC)cc2)c[nH]1. The Morgan fingerprint density at radius 1 is 1.23 bits per heavy atom. The van der Waals surface area contributed by atoms with Gasteiger partial charge in [-0.15, -0.1) is 0 Å². The van der Waals surface area contributed by atoms with Crippen LogP contribution in [0.3, 0.4) is 0 Å². The van der Waals surface area contributed by atoms with Crippen LogP contribution in [0.4, 0.5) is 0 Å². The zero-order valence-corrected chi connectivity index (χ0v) is 12.4. The Labute approximate surface area is 127 Å². The van der Waals surface area contributed by atoms with Gasteiger partial charge in [0, 0.05) is 12.3 Å².